The Morgan fingerprint density at radius 2 is 0.970 bits per heavy atom. The van der Waals surface area contributed by atoms with Crippen LogP contribution in [0.15, 0.2) is 53.5 Å². The number of guanidine groups is 1. The molecule has 4 saturated heterocycles. The number of carboxylic acid groups (broad SMARTS) is 1. The zero-order valence-electron chi connectivity index (χ0n) is 77.5. The number of ketones is 2. The third-order valence-corrected chi connectivity index (χ3v) is 22.9. The predicted octanol–water partition coefficient (Wildman–Crippen LogP) is -0.121. The van der Waals surface area contributed by atoms with Crippen molar-refractivity contribution in [3.63, 3.8) is 0 Å². The summed E-state index contributed by atoms with van der Waals surface area (Å²) in [5.74, 6) is -5.82. The number of thioether (sulfide) groups is 1. The summed E-state index contributed by atoms with van der Waals surface area (Å²) in [6.45, 7) is 21.2. The van der Waals surface area contributed by atoms with Crippen molar-refractivity contribution < 1.29 is 159 Å². The Balaban J connectivity index is 0.00000111. The predicted molar refractivity (Wildman–Crippen MR) is 485 cm³/mol. The van der Waals surface area contributed by atoms with E-state index in [2.05, 4.69) is 36.4 Å². The molecule has 758 valence electrons. The zero-order valence-corrected chi connectivity index (χ0v) is 79.1. The van der Waals surface area contributed by atoms with Crippen molar-refractivity contribution in [2.45, 2.75) is 185 Å². The number of carbonyl (C=O) groups excluding carboxylic acids is 9. The van der Waals surface area contributed by atoms with Crippen molar-refractivity contribution >= 4 is 99.8 Å². The highest BCUT2D eigenvalue weighted by atomic mass is 35.5. The van der Waals surface area contributed by atoms with Crippen LogP contribution in [0.5, 0.6) is 5.75 Å². The summed E-state index contributed by atoms with van der Waals surface area (Å²) in [6.07, 6.45) is -3.39. The number of nitrogens with zero attached hydrogens (tertiary/aromatic N) is 2. The van der Waals surface area contributed by atoms with Crippen LogP contribution in [0.25, 0.3) is 0 Å². The number of hydrogen-bond donors (Lipinski definition) is 15. The number of Topliss-reactive ketones (excluding diaryl/α,β-unsaturated/α-hetero) is 2. The van der Waals surface area contributed by atoms with E-state index in [-0.39, 0.29) is 160 Å². The smallest absolute Gasteiger partial charge is 0.304 e. The van der Waals surface area contributed by atoms with Gasteiger partial charge in [-0.15, -0.1) is 11.8 Å². The number of hydrogen-bond acceptors (Lipinski definition) is 35. The number of aliphatic imine (C=N–C) groups is 1. The lowest BCUT2D eigenvalue weighted by Crippen LogP contribution is -2.60. The first-order chi connectivity index (χ1) is 63.9. The van der Waals surface area contributed by atoms with Gasteiger partial charge in [-0.3, -0.25) is 52.8 Å². The molecule has 0 saturated carbocycles. The molecule has 4 heterocycles. The second kappa shape index (κ2) is 70.2. The molecule has 0 bridgehead atoms. The summed E-state index contributed by atoms with van der Waals surface area (Å²) in [5.41, 5.74) is 11.7. The molecule has 7 amide bonds. The van der Waals surface area contributed by atoms with Crippen molar-refractivity contribution in [2.75, 3.05) is 216 Å². The molecule has 0 spiro atoms. The number of likely N-dealkylation sites (tertiary alicyclic amines) is 1. The Bertz CT molecular complexity index is 3670. The van der Waals surface area contributed by atoms with Crippen LogP contribution in [-0.2, 0) is 114 Å². The van der Waals surface area contributed by atoms with Gasteiger partial charge in [0.15, 0.2) is 11.7 Å². The van der Waals surface area contributed by atoms with Crippen LogP contribution in [0.4, 0.5) is 11.4 Å². The van der Waals surface area contributed by atoms with E-state index in [0.717, 1.165) is 4.90 Å². The van der Waals surface area contributed by atoms with Gasteiger partial charge in [-0.25, -0.2) is 9.83 Å². The quantitative estimate of drug-likeness (QED) is 0.0135. The number of carbonyl (C=O) groups is 10. The van der Waals surface area contributed by atoms with Crippen LogP contribution in [0.3, 0.4) is 0 Å². The van der Waals surface area contributed by atoms with E-state index in [0.29, 0.717) is 201 Å². The Hall–Kier alpha value is -7.43. The highest BCUT2D eigenvalue weighted by Crippen LogP contribution is 2.31. The molecule has 17 N–H and O–H groups in total. The van der Waals surface area contributed by atoms with Crippen molar-refractivity contribution in [1.82, 2.24) is 31.0 Å². The van der Waals surface area contributed by atoms with Crippen molar-refractivity contribution in [1.29, 1.82) is 0 Å². The van der Waals surface area contributed by atoms with E-state index in [1.54, 1.807) is 64.1 Å². The lowest BCUT2D eigenvalue weighted by Gasteiger charge is -2.42. The third-order valence-electron chi connectivity index (χ3n) is 21.4. The number of anilines is 1. The van der Waals surface area contributed by atoms with Crippen LogP contribution in [0.1, 0.15) is 117 Å². The van der Waals surface area contributed by atoms with Gasteiger partial charge in [-0.2, -0.15) is 0 Å². The van der Waals surface area contributed by atoms with E-state index < -0.39 is 96.7 Å². The van der Waals surface area contributed by atoms with Gasteiger partial charge in [0.1, 0.15) is 11.5 Å². The molecule has 2 aromatic carbocycles. The molecular weight excluding hydrogens is 1790 g/mol. The number of halogens is 1. The number of aliphatic hydroxyl groups excluding tert-OH is 6. The Kier molecular flexibility index (Phi) is 62.2. The topological polar surface area (TPSA) is 600 Å². The van der Waals surface area contributed by atoms with Crippen LogP contribution in [0.2, 0.25) is 0 Å². The SMILES string of the molecule is CC(=O)N[C@@H]1[C@H](O)[C@H](C)[C@@H](CO)O[C@H]1C.C[C@H]1[C@@H](O)[C@@H](NC(=O)CCSC2CC(=O)N(CCC(=O)NCCOCCOCCOCCOCCOCCOCCOCCOCCOCCOCCOCCOCCC(=O)CCCCOc3ccc(NC(=O)[C@H](CC(=O)O)CC(=O)CNC(=O)c4cccc(N=C(N)N)c4)cc3)C2=O)[C@H](C)O[C@@H]1CO.C[C@H]1[C@@H](O)[C@@H](NCl)[C@H](C)O[C@@H]1CO. The number of nitrogens with one attached hydrogen (secondary N) is 6. The first kappa shape index (κ1) is 118. The van der Waals surface area contributed by atoms with Crippen molar-refractivity contribution in [3.05, 3.63) is 54.1 Å². The maximum Gasteiger partial charge on any atom is 0.304 e. The summed E-state index contributed by atoms with van der Waals surface area (Å²) < 4.78 is 88.7. The zero-order chi connectivity index (χ0) is 97.7. The van der Waals surface area contributed by atoms with Crippen molar-refractivity contribution in [2.24, 2.45) is 40.1 Å². The number of ether oxygens (including phenoxy) is 16. The number of unbranched alkanes of at least 4 members (excludes halogenated alkanes) is 1. The minimum absolute atomic E-state index is 0.00818. The van der Waals surface area contributed by atoms with E-state index >= 15 is 0 Å². The highest BCUT2D eigenvalue weighted by Gasteiger charge is 2.44. The maximum absolute atomic E-state index is 13.0. The average Bonchev–Trinajstić information content (AvgIpc) is 1.07. The number of aliphatic hydroxyl groups is 6. The molecule has 1 unspecified atom stereocenters. The number of nitrogens with two attached hydrogens (primary N) is 2. The first-order valence-corrected chi connectivity index (χ1v) is 46.5. The van der Waals surface area contributed by atoms with Gasteiger partial charge in [0.25, 0.3) is 5.91 Å². The summed E-state index contributed by atoms with van der Waals surface area (Å²) in [7, 11) is 0. The molecule has 43 nitrogen and oxygen atoms in total. The molecule has 45 heteroatoms. The molecule has 0 radical (unpaired) electrons. The van der Waals surface area contributed by atoms with Gasteiger partial charge in [0.2, 0.25) is 35.4 Å². The molecular formula is C88H145ClN10O33S. The van der Waals surface area contributed by atoms with Gasteiger partial charge in [0.05, 0.1) is 288 Å². The van der Waals surface area contributed by atoms with Crippen LogP contribution in [0, 0.1) is 23.7 Å². The minimum Gasteiger partial charge on any atom is -0.494 e. The minimum atomic E-state index is -1.27. The maximum atomic E-state index is 13.0. The number of benzene rings is 2. The van der Waals surface area contributed by atoms with Gasteiger partial charge in [-0.1, -0.05) is 26.8 Å². The molecule has 6 rings (SSSR count). The summed E-state index contributed by atoms with van der Waals surface area (Å²) >= 11 is 6.68. The van der Waals surface area contributed by atoms with Crippen LogP contribution in [-0.4, -0.2) is 394 Å². The Morgan fingerprint density at radius 3 is 1.41 bits per heavy atom. The molecule has 4 aliphatic rings. The monoisotopic (exact) mass is 1940 g/mol. The highest BCUT2D eigenvalue weighted by molar-refractivity contribution is 8.00. The van der Waals surface area contributed by atoms with Gasteiger partial charge >= 0.3 is 5.97 Å². The molecule has 17 atom stereocenters. The third kappa shape index (κ3) is 49.4. The average molecular weight is 1940 g/mol. The number of aliphatic carboxylic acids is 1. The molecule has 0 aliphatic carbocycles. The van der Waals surface area contributed by atoms with E-state index in [9.17, 15) is 73.5 Å². The second-order valence-electron chi connectivity index (χ2n) is 31.8. The fraction of sp³-hybridized carbons (Fsp3) is 0.739. The Morgan fingerprint density at radius 1 is 0.526 bits per heavy atom. The Labute approximate surface area is 786 Å². The van der Waals surface area contributed by atoms with Crippen LogP contribution < -0.4 is 47.6 Å². The molecule has 133 heavy (non-hydrogen) atoms. The van der Waals surface area contributed by atoms with E-state index in [1.807, 2.05) is 13.8 Å². The lowest BCUT2D eigenvalue weighted by atomic mass is 9.87. The number of rotatable bonds is 68. The largest absolute Gasteiger partial charge is 0.494 e. The molecule has 0 aromatic heterocycles. The number of amides is 7. The first-order valence-electron chi connectivity index (χ1n) is 45.1. The lowest BCUT2D eigenvalue weighted by molar-refractivity contribution is -0.161. The normalized spacial score (nSPS) is 23.0. The molecule has 4 fully saturated rings. The van der Waals surface area contributed by atoms with Gasteiger partial charge < -0.3 is 150 Å². The number of imide groups is 1. The fourth-order valence-electron chi connectivity index (χ4n) is 13.8. The molecule has 4 aliphatic heterocycles. The summed E-state index contributed by atoms with van der Waals surface area (Å²) in [4.78, 5) is 131. The van der Waals surface area contributed by atoms with E-state index in [4.69, 9.17) is 109 Å². The fourth-order valence-corrected chi connectivity index (χ4v) is 15.2. The van der Waals surface area contributed by atoms with Crippen LogP contribution >= 0.6 is 23.5 Å². The standard InChI is InChI=1S/C70H110N8O26S.C10H19NO4.C8H16ClNO3/c1-50-59(49-79)104-51(2)65(66(50)87)77-62(83)15-43-105-60-47-63(84)78(69(60)90)17-13-61(82)73-16-20-92-22-24-94-26-28-96-30-32-98-34-36-100-38-40-102-42-41-101-39-37-99-35-33-97-31-29-95-27-25-93-23-21-91-19-14-56(80)8-3-4-18-103-58-11-9-54(10-12-58)75-68(89)53(46-64(85)86)45-57(81)48-74-67(88)52-6-5-7-55(44-52)76-70(71)72;1-5-8(4-12)15-6(2)9(10(5)14)11-7(3)13;1-4-6(3-11)13-5(2)7(10-9)8(4)12/h5-7,9-12,44,50-51,53,59-60,65-66,79,87H,3-4,8,13-43,45-49H2,1-2H3,(H,73,82)(H,74,88)(H,75,89)(H,77,83)(H,85,86)(H4,71,72,76);5-6,8-10,12,14H,4H2,1-3H3,(H,11,13);4-8,10-12H,3H2,1-2H3/t50-,51+,53+,59-,60?,65+,66-;5-,6+,8-,9+,10-;4-,5+,6-,7+,8-/m111/s1. The van der Waals surface area contributed by atoms with Gasteiger partial charge in [-0.05, 0) is 87.9 Å². The second-order valence-corrected chi connectivity index (χ2v) is 33.3. The van der Waals surface area contributed by atoms with Gasteiger partial charge in [0, 0.05) is 93.3 Å². The summed E-state index contributed by atoms with van der Waals surface area (Å²) in [5, 5.41) is 79.9. The van der Waals surface area contributed by atoms with E-state index in [1.165, 1.54) is 30.8 Å². The summed E-state index contributed by atoms with van der Waals surface area (Å²) in [6, 6.07) is 11.2. The number of carboxylic acids is 1. The molecule has 2 aromatic rings. The van der Waals surface area contributed by atoms with Crippen molar-refractivity contribution in [3.8, 4) is 5.75 Å².